The third kappa shape index (κ3) is 7.23. The van der Waals surface area contributed by atoms with Gasteiger partial charge in [-0.05, 0) is 0 Å². The predicted molar refractivity (Wildman–Crippen MR) is 36.4 cm³/mol. The molecule has 0 aliphatic rings. The summed E-state index contributed by atoms with van der Waals surface area (Å²) in [5.41, 5.74) is 5.04. The topological polar surface area (TPSA) is 92.4 Å². The lowest BCUT2D eigenvalue weighted by atomic mass is 10.7. The summed E-state index contributed by atoms with van der Waals surface area (Å²) < 4.78 is 27.9. The lowest BCUT2D eigenvalue weighted by Gasteiger charge is -1.88. The minimum atomic E-state index is -4.17. The van der Waals surface area contributed by atoms with Gasteiger partial charge in [0.1, 0.15) is 0 Å². The Morgan fingerprint density at radius 1 is 1.60 bits per heavy atom. The lowest BCUT2D eigenvalue weighted by Crippen LogP contribution is -2.17. The molecule has 0 amide bonds. The van der Waals surface area contributed by atoms with E-state index in [0.717, 1.165) is 0 Å². The maximum atomic E-state index is 9.91. The van der Waals surface area contributed by atoms with Gasteiger partial charge in [-0.2, -0.15) is 8.42 Å². The molecule has 0 unspecified atom stereocenters. The first-order valence-electron chi connectivity index (χ1n) is 2.48. The van der Waals surface area contributed by atoms with Crippen LogP contribution in [0.5, 0.6) is 0 Å². The van der Waals surface area contributed by atoms with Gasteiger partial charge in [0.2, 0.25) is 0 Å². The van der Waals surface area contributed by atoms with Gasteiger partial charge in [-0.3, -0.25) is 4.55 Å². The van der Waals surface area contributed by atoms with E-state index in [1.807, 2.05) is 6.04 Å². The van der Waals surface area contributed by atoms with E-state index in [1.54, 1.807) is 5.25 Å². The second-order valence-corrected chi connectivity index (χ2v) is 2.57. The van der Waals surface area contributed by atoms with Gasteiger partial charge in [0.25, 0.3) is 0 Å². The molecule has 0 aliphatic carbocycles. The Morgan fingerprint density at radius 2 is 2.20 bits per heavy atom. The van der Waals surface area contributed by atoms with Crippen LogP contribution in [0.2, 0.25) is 0 Å². The van der Waals surface area contributed by atoms with Gasteiger partial charge in [-0.25, -0.2) is 0 Å². The molecule has 0 rings (SSSR count). The molecule has 0 saturated heterocycles. The zero-order chi connectivity index (χ0) is 8.04. The first-order valence-corrected chi connectivity index (χ1v) is 3.92. The smallest absolute Gasteiger partial charge is 0.337 e. The first-order chi connectivity index (χ1) is 4.56. The normalized spacial score (nSPS) is 9.80. The van der Waals surface area contributed by atoms with Crippen molar-refractivity contribution in [2.75, 3.05) is 13.1 Å². The average Bonchev–Trinajstić information content (AvgIpc) is 1.78. The van der Waals surface area contributed by atoms with E-state index in [2.05, 4.69) is 5.32 Å². The molecule has 10 heavy (non-hydrogen) atoms. The van der Waals surface area contributed by atoms with Gasteiger partial charge in [0.05, 0.1) is 5.25 Å². The number of hydrogen-bond acceptors (Lipinski definition) is 4. The minimum Gasteiger partial charge on any atom is -0.344 e. The Labute approximate surface area is 59.4 Å². The summed E-state index contributed by atoms with van der Waals surface area (Å²) >= 11 is 0. The molecule has 0 radical (unpaired) electrons. The molecule has 0 atom stereocenters. The molecule has 0 aromatic carbocycles. The van der Waals surface area contributed by atoms with Gasteiger partial charge in [-0.15, -0.1) is 0 Å². The Balaban J connectivity index is 3.72. The molecule has 0 heterocycles. The Morgan fingerprint density at radius 3 is 2.60 bits per heavy atom. The molecule has 4 N–H and O–H groups in total. The summed E-state index contributed by atoms with van der Waals surface area (Å²) in [6.07, 6.45) is 0. The summed E-state index contributed by atoms with van der Waals surface area (Å²) in [7, 11) is -4.17. The summed E-state index contributed by atoms with van der Waals surface area (Å²) in [4.78, 5) is 0. The van der Waals surface area contributed by atoms with Crippen molar-refractivity contribution in [1.29, 1.82) is 0 Å². The summed E-state index contributed by atoms with van der Waals surface area (Å²) in [6.45, 7) is 0.753. The van der Waals surface area contributed by atoms with E-state index < -0.39 is 10.1 Å². The molecular weight excluding hydrogens is 156 g/mol. The fraction of sp³-hybridized carbons (Fsp3) is 0.500. The van der Waals surface area contributed by atoms with Gasteiger partial charge in [-0.1, -0.05) is 0 Å². The number of rotatable bonds is 2. The Kier molecular flexibility index (Phi) is 3.79. The van der Waals surface area contributed by atoms with E-state index in [9.17, 15) is 8.42 Å². The van der Waals surface area contributed by atoms with E-state index >= 15 is 0 Å². The Bertz CT molecular complexity index is 235. The van der Waals surface area contributed by atoms with Crippen LogP contribution in [0.25, 0.3) is 0 Å². The highest BCUT2D eigenvalue weighted by molar-refractivity contribution is 7.90. The number of nitrogens with one attached hydrogen (secondary N) is 1. The van der Waals surface area contributed by atoms with Crippen molar-refractivity contribution in [2.24, 2.45) is 5.73 Å². The van der Waals surface area contributed by atoms with Gasteiger partial charge in [0, 0.05) is 19.1 Å². The maximum Gasteiger partial charge on any atom is 0.337 e. The molecule has 0 bridgehead atoms. The van der Waals surface area contributed by atoms with Gasteiger partial charge in [0.15, 0.2) is 0 Å². The van der Waals surface area contributed by atoms with Crippen LogP contribution in [0.3, 0.4) is 0 Å². The molecular formula is C4H8N2O3S. The molecule has 5 nitrogen and oxygen atoms in total. The van der Waals surface area contributed by atoms with E-state index in [0.29, 0.717) is 13.1 Å². The highest BCUT2D eigenvalue weighted by Crippen LogP contribution is 1.71. The predicted octanol–water partition coefficient (Wildman–Crippen LogP) is -1.66. The third-order valence-electron chi connectivity index (χ3n) is 0.538. The first kappa shape index (κ1) is 9.23. The summed E-state index contributed by atoms with van der Waals surface area (Å²) in [5, 5.41) is 3.93. The van der Waals surface area contributed by atoms with Crippen LogP contribution < -0.4 is 11.1 Å². The van der Waals surface area contributed by atoms with Crippen molar-refractivity contribution in [3.8, 4) is 11.3 Å². The van der Waals surface area contributed by atoms with Crippen LogP contribution in [0, 0.1) is 11.3 Å². The number of hydrogen-bond donors (Lipinski definition) is 3. The second kappa shape index (κ2) is 4.11. The fourth-order valence-electron chi connectivity index (χ4n) is 0.235. The van der Waals surface area contributed by atoms with Crippen LogP contribution in [0.4, 0.5) is 0 Å². The number of nitrogens with two attached hydrogens (primary N) is 1. The molecule has 0 spiro atoms. The molecule has 0 aromatic heterocycles. The molecule has 6 heteroatoms. The molecule has 0 saturated carbocycles. The molecule has 0 aliphatic heterocycles. The summed E-state index contributed by atoms with van der Waals surface area (Å²) in [5.74, 6) is 0. The largest absolute Gasteiger partial charge is 0.344 e. The van der Waals surface area contributed by atoms with Crippen molar-refractivity contribution in [3.05, 3.63) is 0 Å². The van der Waals surface area contributed by atoms with Crippen molar-refractivity contribution < 1.29 is 13.0 Å². The third-order valence-corrected chi connectivity index (χ3v) is 0.898. The quantitative estimate of drug-likeness (QED) is 0.197. The van der Waals surface area contributed by atoms with E-state index in [-0.39, 0.29) is 0 Å². The lowest BCUT2D eigenvalue weighted by molar-refractivity contribution is 0.496. The van der Waals surface area contributed by atoms with Crippen LogP contribution in [0.1, 0.15) is 0 Å². The van der Waals surface area contributed by atoms with Crippen molar-refractivity contribution in [3.63, 3.8) is 0 Å². The maximum absolute atomic E-state index is 9.91. The monoisotopic (exact) mass is 164 g/mol. The van der Waals surface area contributed by atoms with Crippen LogP contribution in [-0.2, 0) is 10.1 Å². The van der Waals surface area contributed by atoms with Crippen LogP contribution in [0.15, 0.2) is 0 Å². The standard InChI is InChI=1S/C4H8N2O3S/c5-1-2-6-3-4-10(7,8)9/h6H,1-2,5H2,(H,7,8,9). The van der Waals surface area contributed by atoms with Crippen LogP contribution >= 0.6 is 0 Å². The van der Waals surface area contributed by atoms with Gasteiger partial charge < -0.3 is 11.1 Å². The van der Waals surface area contributed by atoms with Crippen LogP contribution in [-0.4, -0.2) is 26.1 Å². The Hall–Kier alpha value is -0.770. The summed E-state index contributed by atoms with van der Waals surface area (Å²) in [6, 6.07) is 2.01. The van der Waals surface area contributed by atoms with Crippen molar-refractivity contribution >= 4 is 10.1 Å². The highest BCUT2D eigenvalue weighted by Gasteiger charge is 1.92. The molecule has 0 fully saturated rings. The van der Waals surface area contributed by atoms with Crippen molar-refractivity contribution in [1.82, 2.24) is 5.32 Å². The zero-order valence-electron chi connectivity index (χ0n) is 5.16. The second-order valence-electron chi connectivity index (χ2n) is 1.42. The van der Waals surface area contributed by atoms with E-state index in [1.165, 1.54) is 0 Å². The zero-order valence-corrected chi connectivity index (χ0v) is 5.98. The average molecular weight is 164 g/mol. The molecule has 0 aromatic rings. The minimum absolute atomic E-state index is 0.361. The van der Waals surface area contributed by atoms with Crippen molar-refractivity contribution in [2.45, 2.75) is 0 Å². The van der Waals surface area contributed by atoms with Gasteiger partial charge >= 0.3 is 10.1 Å². The molecule has 58 valence electrons. The fourth-order valence-corrected chi connectivity index (χ4v) is 0.436. The highest BCUT2D eigenvalue weighted by atomic mass is 32.2. The SMILES string of the molecule is NCCNC#CS(=O)(=O)O. The van der Waals surface area contributed by atoms with E-state index in [4.69, 9.17) is 10.3 Å².